The lowest BCUT2D eigenvalue weighted by molar-refractivity contribution is 0.473. The second kappa shape index (κ2) is 5.75. The van der Waals surface area contributed by atoms with Crippen LogP contribution in [0.4, 0.5) is 4.39 Å². The number of aryl methyl sites for hydroxylation is 1. The van der Waals surface area contributed by atoms with Gasteiger partial charge in [0.25, 0.3) is 0 Å². The van der Waals surface area contributed by atoms with Crippen LogP contribution in [0.1, 0.15) is 36.5 Å². The number of hydrogen-bond acceptors (Lipinski definition) is 2. The zero-order valence-corrected chi connectivity index (χ0v) is 11.8. The summed E-state index contributed by atoms with van der Waals surface area (Å²) >= 11 is 0. The Morgan fingerprint density at radius 3 is 2.55 bits per heavy atom. The Labute approximate surface area is 118 Å². The minimum absolute atomic E-state index is 0.0712. The average molecular weight is 269 g/mol. The molecule has 0 aromatic heterocycles. The molecule has 0 N–H and O–H groups in total. The first-order valence-electron chi connectivity index (χ1n) is 6.50. The van der Waals surface area contributed by atoms with Crippen molar-refractivity contribution >= 4 is 0 Å². The first-order chi connectivity index (χ1) is 9.52. The minimum atomic E-state index is -0.569. The summed E-state index contributed by atoms with van der Waals surface area (Å²) in [5, 5.41) is 8.98. The van der Waals surface area contributed by atoms with Crippen molar-refractivity contribution in [1.82, 2.24) is 0 Å². The zero-order valence-electron chi connectivity index (χ0n) is 11.8. The van der Waals surface area contributed by atoms with Crippen LogP contribution >= 0.6 is 0 Å². The first-order valence-corrected chi connectivity index (χ1v) is 6.50. The number of ether oxygens (including phenoxy) is 1. The lowest BCUT2D eigenvalue weighted by Gasteiger charge is -2.13. The van der Waals surface area contributed by atoms with Crippen LogP contribution in [0.15, 0.2) is 36.4 Å². The number of halogens is 1. The van der Waals surface area contributed by atoms with E-state index in [4.69, 9.17) is 10.00 Å². The van der Waals surface area contributed by atoms with E-state index in [1.807, 2.05) is 31.2 Å². The Morgan fingerprint density at radius 1 is 1.20 bits per heavy atom. The van der Waals surface area contributed by atoms with Gasteiger partial charge in [-0.3, -0.25) is 0 Å². The Kier molecular flexibility index (Phi) is 4.05. The van der Waals surface area contributed by atoms with E-state index in [9.17, 15) is 4.39 Å². The Morgan fingerprint density at radius 2 is 1.95 bits per heavy atom. The molecule has 0 unspecified atom stereocenters. The molecule has 0 aliphatic carbocycles. The molecule has 2 aromatic carbocycles. The fourth-order valence-electron chi connectivity index (χ4n) is 2.18. The van der Waals surface area contributed by atoms with Gasteiger partial charge < -0.3 is 4.74 Å². The van der Waals surface area contributed by atoms with Gasteiger partial charge in [0.15, 0.2) is 0 Å². The van der Waals surface area contributed by atoms with Crippen molar-refractivity contribution in [3.63, 3.8) is 0 Å². The smallest absolute Gasteiger partial charge is 0.148 e. The molecule has 0 amide bonds. The lowest BCUT2D eigenvalue weighted by Crippen LogP contribution is -1.95. The summed E-state index contributed by atoms with van der Waals surface area (Å²) in [6.45, 7) is 6.27. The molecule has 20 heavy (non-hydrogen) atoms. The summed E-state index contributed by atoms with van der Waals surface area (Å²) in [7, 11) is 0. The summed E-state index contributed by atoms with van der Waals surface area (Å²) in [4.78, 5) is 0. The standard InChI is InChI=1S/C17H16FNO/c1-11(2)14-8-7-13(9-12(14)3)20-17-6-4-5-16(18)15(17)10-19/h4-9,11H,1-3H3. The summed E-state index contributed by atoms with van der Waals surface area (Å²) in [5.41, 5.74) is 2.29. The molecule has 0 fully saturated rings. The quantitative estimate of drug-likeness (QED) is 0.792. The van der Waals surface area contributed by atoms with E-state index in [2.05, 4.69) is 13.8 Å². The van der Waals surface area contributed by atoms with Gasteiger partial charge in [0.2, 0.25) is 0 Å². The van der Waals surface area contributed by atoms with Gasteiger partial charge in [0.05, 0.1) is 0 Å². The molecule has 2 rings (SSSR count). The van der Waals surface area contributed by atoms with Crippen LogP contribution in [0.5, 0.6) is 11.5 Å². The van der Waals surface area contributed by atoms with Crippen molar-refractivity contribution in [3.05, 3.63) is 58.9 Å². The predicted molar refractivity (Wildman–Crippen MR) is 76.5 cm³/mol. The second-order valence-corrected chi connectivity index (χ2v) is 5.00. The van der Waals surface area contributed by atoms with Gasteiger partial charge in [-0.2, -0.15) is 5.26 Å². The molecule has 0 spiro atoms. The highest BCUT2D eigenvalue weighted by atomic mass is 19.1. The van der Waals surface area contributed by atoms with Crippen LogP contribution in [-0.4, -0.2) is 0 Å². The van der Waals surface area contributed by atoms with Crippen LogP contribution in [0.2, 0.25) is 0 Å². The molecule has 2 nitrogen and oxygen atoms in total. The highest BCUT2D eigenvalue weighted by molar-refractivity contribution is 5.47. The average Bonchev–Trinajstić information content (AvgIpc) is 2.38. The van der Waals surface area contributed by atoms with Gasteiger partial charge >= 0.3 is 0 Å². The van der Waals surface area contributed by atoms with Gasteiger partial charge in [-0.1, -0.05) is 26.0 Å². The van der Waals surface area contributed by atoms with E-state index in [1.54, 1.807) is 6.07 Å². The Bertz CT molecular complexity index is 671. The number of rotatable bonds is 3. The fraction of sp³-hybridized carbons (Fsp3) is 0.235. The van der Waals surface area contributed by atoms with E-state index >= 15 is 0 Å². The van der Waals surface area contributed by atoms with Crippen molar-refractivity contribution in [2.75, 3.05) is 0 Å². The number of hydrogen-bond donors (Lipinski definition) is 0. The van der Waals surface area contributed by atoms with Gasteiger partial charge in [-0.05, 0) is 48.2 Å². The topological polar surface area (TPSA) is 33.0 Å². The third-order valence-corrected chi connectivity index (χ3v) is 3.18. The maximum atomic E-state index is 13.5. The first kappa shape index (κ1) is 14.1. The summed E-state index contributed by atoms with van der Waals surface area (Å²) in [6, 6.07) is 11.9. The van der Waals surface area contributed by atoms with Crippen LogP contribution in [0.3, 0.4) is 0 Å². The fourth-order valence-corrected chi connectivity index (χ4v) is 2.18. The highest BCUT2D eigenvalue weighted by Crippen LogP contribution is 2.29. The van der Waals surface area contributed by atoms with E-state index in [-0.39, 0.29) is 11.3 Å². The molecule has 3 heteroatoms. The van der Waals surface area contributed by atoms with E-state index in [1.165, 1.54) is 17.7 Å². The SMILES string of the molecule is Cc1cc(Oc2cccc(F)c2C#N)ccc1C(C)C. The summed E-state index contributed by atoms with van der Waals surface area (Å²) in [5.74, 6) is 0.714. The van der Waals surface area contributed by atoms with Crippen LogP contribution in [-0.2, 0) is 0 Å². The summed E-state index contributed by atoms with van der Waals surface area (Å²) in [6.07, 6.45) is 0. The van der Waals surface area contributed by atoms with E-state index in [0.29, 0.717) is 11.7 Å². The second-order valence-electron chi connectivity index (χ2n) is 5.00. The Hall–Kier alpha value is -2.34. The third kappa shape index (κ3) is 2.80. The molecule has 0 radical (unpaired) electrons. The molecule has 0 saturated heterocycles. The molecular formula is C17H16FNO. The number of benzene rings is 2. The minimum Gasteiger partial charge on any atom is -0.456 e. The van der Waals surface area contributed by atoms with Crippen LogP contribution in [0.25, 0.3) is 0 Å². The summed E-state index contributed by atoms with van der Waals surface area (Å²) < 4.78 is 19.1. The highest BCUT2D eigenvalue weighted by Gasteiger charge is 2.11. The van der Waals surface area contributed by atoms with Crippen molar-refractivity contribution in [2.45, 2.75) is 26.7 Å². The Balaban J connectivity index is 2.34. The third-order valence-electron chi connectivity index (χ3n) is 3.18. The largest absolute Gasteiger partial charge is 0.456 e. The maximum Gasteiger partial charge on any atom is 0.148 e. The zero-order chi connectivity index (χ0) is 14.7. The van der Waals surface area contributed by atoms with Gasteiger partial charge in [0.1, 0.15) is 28.9 Å². The predicted octanol–water partition coefficient (Wildman–Crippen LogP) is 4.92. The monoisotopic (exact) mass is 269 g/mol. The van der Waals surface area contributed by atoms with E-state index in [0.717, 1.165) is 5.56 Å². The molecule has 102 valence electrons. The van der Waals surface area contributed by atoms with Crippen molar-refractivity contribution < 1.29 is 9.13 Å². The molecule has 0 saturated carbocycles. The van der Waals surface area contributed by atoms with E-state index < -0.39 is 5.82 Å². The molecule has 0 aliphatic rings. The maximum absolute atomic E-state index is 13.5. The number of nitriles is 1. The molecule has 0 bridgehead atoms. The molecule has 0 atom stereocenters. The number of nitrogens with zero attached hydrogens (tertiary/aromatic N) is 1. The lowest BCUT2D eigenvalue weighted by atomic mass is 9.98. The molecular weight excluding hydrogens is 253 g/mol. The van der Waals surface area contributed by atoms with Crippen LogP contribution < -0.4 is 4.74 Å². The molecule has 0 heterocycles. The van der Waals surface area contributed by atoms with Crippen molar-refractivity contribution in [3.8, 4) is 17.6 Å². The molecule has 2 aromatic rings. The van der Waals surface area contributed by atoms with Gasteiger partial charge in [-0.25, -0.2) is 4.39 Å². The van der Waals surface area contributed by atoms with Gasteiger partial charge in [0, 0.05) is 0 Å². The van der Waals surface area contributed by atoms with Crippen molar-refractivity contribution in [1.29, 1.82) is 5.26 Å². The van der Waals surface area contributed by atoms with Crippen LogP contribution in [0, 0.1) is 24.1 Å². The van der Waals surface area contributed by atoms with Gasteiger partial charge in [-0.15, -0.1) is 0 Å². The molecule has 0 aliphatic heterocycles. The van der Waals surface area contributed by atoms with Crippen molar-refractivity contribution in [2.24, 2.45) is 0 Å². The normalized spacial score (nSPS) is 10.4.